The molecule has 30 heavy (non-hydrogen) atoms. The first-order chi connectivity index (χ1) is 14.6. The van der Waals surface area contributed by atoms with Gasteiger partial charge in [0.2, 0.25) is 5.91 Å². The fourth-order valence-electron chi connectivity index (χ4n) is 4.30. The lowest BCUT2D eigenvalue weighted by molar-refractivity contribution is -0.118. The van der Waals surface area contributed by atoms with Crippen LogP contribution in [0.4, 0.5) is 11.4 Å². The molecule has 0 aromatic heterocycles. The molecule has 0 spiro atoms. The van der Waals surface area contributed by atoms with E-state index in [9.17, 15) is 4.79 Å². The van der Waals surface area contributed by atoms with E-state index in [0.29, 0.717) is 13.0 Å². The van der Waals surface area contributed by atoms with Gasteiger partial charge < -0.3 is 14.7 Å². The van der Waals surface area contributed by atoms with Crippen LogP contribution in [-0.4, -0.2) is 43.5 Å². The maximum absolute atomic E-state index is 12.1. The van der Waals surface area contributed by atoms with Gasteiger partial charge in [0, 0.05) is 44.0 Å². The zero-order valence-corrected chi connectivity index (χ0v) is 17.7. The minimum absolute atomic E-state index is 0.123. The number of hydrogen-bond donors (Lipinski definition) is 0. The molecule has 4 nitrogen and oxygen atoms in total. The molecule has 2 aromatic carbocycles. The second kappa shape index (κ2) is 9.09. The van der Waals surface area contributed by atoms with E-state index in [2.05, 4.69) is 71.3 Å². The van der Waals surface area contributed by atoms with E-state index in [1.165, 1.54) is 22.4 Å². The molecule has 0 N–H and O–H groups in total. The summed E-state index contributed by atoms with van der Waals surface area (Å²) >= 11 is 0. The van der Waals surface area contributed by atoms with Crippen molar-refractivity contribution in [2.24, 2.45) is 0 Å². The zero-order chi connectivity index (χ0) is 20.9. The summed E-state index contributed by atoms with van der Waals surface area (Å²) in [4.78, 5) is 18.7. The minimum atomic E-state index is 0.123. The Hall–Kier alpha value is -3.19. The quantitative estimate of drug-likeness (QED) is 0.716. The van der Waals surface area contributed by atoms with Crippen LogP contribution in [0, 0.1) is 19.3 Å². The molecule has 0 radical (unpaired) electrons. The Morgan fingerprint density at radius 3 is 2.67 bits per heavy atom. The number of fused-ring (bicyclic) bond motifs is 1. The highest BCUT2D eigenvalue weighted by molar-refractivity contribution is 5.96. The lowest BCUT2D eigenvalue weighted by atomic mass is 9.97. The highest BCUT2D eigenvalue weighted by Crippen LogP contribution is 2.28. The van der Waals surface area contributed by atoms with Gasteiger partial charge in [0.05, 0.1) is 6.54 Å². The zero-order valence-electron chi connectivity index (χ0n) is 17.7. The van der Waals surface area contributed by atoms with Crippen molar-refractivity contribution in [1.82, 2.24) is 4.90 Å². The largest absolute Gasteiger partial charge is 0.374 e. The summed E-state index contributed by atoms with van der Waals surface area (Å²) in [6, 6.07) is 15.1. The molecule has 0 aliphatic carbocycles. The van der Waals surface area contributed by atoms with Crippen molar-refractivity contribution in [2.45, 2.75) is 26.2 Å². The van der Waals surface area contributed by atoms with E-state index in [4.69, 9.17) is 6.42 Å². The van der Waals surface area contributed by atoms with Crippen molar-refractivity contribution in [3.63, 3.8) is 0 Å². The molecule has 1 amide bonds. The predicted octanol–water partition coefficient (Wildman–Crippen LogP) is 3.79. The number of carbonyl (C=O) groups excluding carboxylic acids is 1. The van der Waals surface area contributed by atoms with Gasteiger partial charge in [-0.15, -0.1) is 6.42 Å². The van der Waals surface area contributed by atoms with E-state index in [1.807, 2.05) is 6.07 Å². The van der Waals surface area contributed by atoms with Crippen LogP contribution >= 0.6 is 0 Å². The van der Waals surface area contributed by atoms with Crippen LogP contribution in [0.1, 0.15) is 23.1 Å². The second-order valence-corrected chi connectivity index (χ2v) is 8.10. The molecule has 0 atom stereocenters. The summed E-state index contributed by atoms with van der Waals surface area (Å²) in [5.74, 6) is 2.72. The lowest BCUT2D eigenvalue weighted by Gasteiger charge is -2.35. The highest BCUT2D eigenvalue weighted by atomic mass is 16.2. The Morgan fingerprint density at radius 1 is 1.07 bits per heavy atom. The van der Waals surface area contributed by atoms with Crippen LogP contribution in [0.2, 0.25) is 0 Å². The summed E-state index contributed by atoms with van der Waals surface area (Å²) < 4.78 is 0. The third kappa shape index (κ3) is 4.52. The summed E-state index contributed by atoms with van der Waals surface area (Å²) in [5.41, 5.74) is 6.11. The van der Waals surface area contributed by atoms with Crippen LogP contribution in [0.5, 0.6) is 0 Å². The van der Waals surface area contributed by atoms with E-state index in [1.54, 1.807) is 4.90 Å². The number of rotatable bonds is 5. The van der Waals surface area contributed by atoms with E-state index < -0.39 is 0 Å². The Labute approximate surface area is 179 Å². The molecule has 1 fully saturated rings. The predicted molar refractivity (Wildman–Crippen MR) is 124 cm³/mol. The van der Waals surface area contributed by atoms with Gasteiger partial charge in [-0.05, 0) is 60.9 Å². The number of terminal acetylenes is 1. The number of amides is 1. The number of hydrogen-bond acceptors (Lipinski definition) is 3. The van der Waals surface area contributed by atoms with Crippen molar-refractivity contribution in [3.8, 4) is 12.3 Å². The number of piperazine rings is 1. The number of carbonyl (C=O) groups is 1. The molecule has 0 saturated carbocycles. The molecule has 154 valence electrons. The van der Waals surface area contributed by atoms with Crippen LogP contribution in [0.3, 0.4) is 0 Å². The number of aryl methyl sites for hydroxylation is 2. The average molecular weight is 400 g/mol. The van der Waals surface area contributed by atoms with E-state index in [0.717, 1.165) is 44.7 Å². The third-order valence-corrected chi connectivity index (χ3v) is 5.94. The lowest BCUT2D eigenvalue weighted by Crippen LogP contribution is -2.44. The molecule has 4 rings (SSSR count). The average Bonchev–Trinajstić information content (AvgIpc) is 2.76. The molecule has 0 unspecified atom stereocenters. The summed E-state index contributed by atoms with van der Waals surface area (Å²) in [7, 11) is 0. The van der Waals surface area contributed by atoms with Gasteiger partial charge in [-0.1, -0.05) is 36.3 Å². The molecular formula is C26H29N3O. The van der Waals surface area contributed by atoms with E-state index >= 15 is 0 Å². The number of allylic oxidation sites excluding steroid dienone is 1. The van der Waals surface area contributed by atoms with Crippen molar-refractivity contribution in [2.75, 3.05) is 42.5 Å². The highest BCUT2D eigenvalue weighted by Gasteiger charge is 2.23. The first-order valence-electron chi connectivity index (χ1n) is 10.7. The van der Waals surface area contributed by atoms with Crippen molar-refractivity contribution in [3.05, 3.63) is 71.4 Å². The molecule has 2 aliphatic heterocycles. The molecular weight excluding hydrogens is 370 g/mol. The topological polar surface area (TPSA) is 26.8 Å². The maximum atomic E-state index is 12.1. The van der Waals surface area contributed by atoms with Gasteiger partial charge in [0.15, 0.2) is 0 Å². The monoisotopic (exact) mass is 399 g/mol. The Kier molecular flexibility index (Phi) is 6.09. The van der Waals surface area contributed by atoms with Gasteiger partial charge in [0.1, 0.15) is 0 Å². The van der Waals surface area contributed by atoms with Gasteiger partial charge in [0.25, 0.3) is 0 Å². The molecule has 1 saturated heterocycles. The molecule has 0 bridgehead atoms. The van der Waals surface area contributed by atoms with Gasteiger partial charge in [-0.2, -0.15) is 0 Å². The van der Waals surface area contributed by atoms with Gasteiger partial charge in [-0.3, -0.25) is 4.79 Å². The number of anilines is 2. The number of nitrogens with zero attached hydrogens (tertiary/aromatic N) is 3. The Bertz CT molecular complexity index is 980. The standard InChI is InChI=1S/C26H29N3O/c1-3-13-29-25-11-9-22(20-23(25)10-12-26(29)30)7-5-14-27-15-17-28(18-16-27)24-8-4-6-21(2)19-24/h1,4-6,8-9,11,14,19-20H,7,10,12-13,15-18H2,2H3/b14-5+. The Balaban J connectivity index is 1.32. The maximum Gasteiger partial charge on any atom is 0.228 e. The van der Waals surface area contributed by atoms with E-state index in [-0.39, 0.29) is 5.91 Å². The second-order valence-electron chi connectivity index (χ2n) is 8.10. The van der Waals surface area contributed by atoms with Crippen molar-refractivity contribution < 1.29 is 4.79 Å². The smallest absolute Gasteiger partial charge is 0.228 e. The number of benzene rings is 2. The van der Waals surface area contributed by atoms with Gasteiger partial charge >= 0.3 is 0 Å². The summed E-state index contributed by atoms with van der Waals surface area (Å²) in [6.45, 7) is 6.67. The fourth-order valence-corrected chi connectivity index (χ4v) is 4.30. The minimum Gasteiger partial charge on any atom is -0.374 e. The first kappa shape index (κ1) is 20.1. The molecule has 2 aromatic rings. The van der Waals surface area contributed by atoms with Crippen molar-refractivity contribution in [1.29, 1.82) is 0 Å². The van der Waals surface area contributed by atoms with Crippen LogP contribution in [0.25, 0.3) is 0 Å². The molecule has 2 aliphatic rings. The molecule has 4 heteroatoms. The van der Waals surface area contributed by atoms with Crippen molar-refractivity contribution >= 4 is 17.3 Å². The van der Waals surface area contributed by atoms with Gasteiger partial charge in [-0.25, -0.2) is 0 Å². The summed E-state index contributed by atoms with van der Waals surface area (Å²) in [5, 5.41) is 0. The first-order valence-corrected chi connectivity index (χ1v) is 10.7. The molecule has 2 heterocycles. The van der Waals surface area contributed by atoms with Crippen LogP contribution in [0.15, 0.2) is 54.7 Å². The van der Waals surface area contributed by atoms with Crippen LogP contribution < -0.4 is 9.80 Å². The SMILES string of the molecule is C#CCN1C(=O)CCc2cc(C/C=C/N3CCN(c4cccc(C)c4)CC3)ccc21. The third-order valence-electron chi connectivity index (χ3n) is 5.94. The fraction of sp³-hybridized carbons (Fsp3) is 0.346. The Morgan fingerprint density at radius 2 is 1.90 bits per heavy atom. The van der Waals surface area contributed by atoms with Crippen LogP contribution in [-0.2, 0) is 17.6 Å². The normalized spacial score (nSPS) is 16.7. The summed E-state index contributed by atoms with van der Waals surface area (Å²) in [6.07, 6.45) is 12.2.